The molecule has 0 amide bonds. The fourth-order valence-corrected chi connectivity index (χ4v) is 4.08. The highest BCUT2D eigenvalue weighted by Gasteiger charge is 2.14. The lowest BCUT2D eigenvalue weighted by Crippen LogP contribution is -2.21. The summed E-state index contributed by atoms with van der Waals surface area (Å²) in [6.45, 7) is 10.2. The Kier molecular flexibility index (Phi) is 8.72. The molecule has 176 valence electrons. The highest BCUT2D eigenvalue weighted by atomic mass is 16.5. The van der Waals surface area contributed by atoms with Crippen LogP contribution < -0.4 is 10.1 Å². The van der Waals surface area contributed by atoms with Gasteiger partial charge in [0.25, 0.3) is 0 Å². The Labute approximate surface area is 197 Å². The minimum Gasteiger partial charge on any atom is -0.493 e. The van der Waals surface area contributed by atoms with E-state index in [1.165, 1.54) is 33.4 Å². The molecule has 5 heteroatoms. The number of nitrogens with one attached hydrogen (secondary N) is 2. The highest BCUT2D eigenvalue weighted by molar-refractivity contribution is 5.78. The first-order valence-corrected chi connectivity index (χ1v) is 11.6. The molecule has 3 N–H and O–H groups in total. The maximum Gasteiger partial charge on any atom is 0.187 e. The van der Waals surface area contributed by atoms with Gasteiger partial charge in [-0.15, -0.1) is 0 Å². The van der Waals surface area contributed by atoms with Crippen LogP contribution in [-0.4, -0.2) is 30.6 Å². The monoisotopic (exact) mass is 448 g/mol. The van der Waals surface area contributed by atoms with Crippen molar-refractivity contribution in [3.05, 3.63) is 76.2 Å². The zero-order valence-electron chi connectivity index (χ0n) is 20.3. The first-order valence-electron chi connectivity index (χ1n) is 11.6. The van der Waals surface area contributed by atoms with Crippen LogP contribution in [-0.2, 0) is 11.3 Å². The first-order chi connectivity index (χ1) is 15.9. The quantitative estimate of drug-likeness (QED) is 0.302. The predicted octanol–water partition coefficient (Wildman–Crippen LogP) is 5.75. The molecule has 0 radical (unpaired) electrons. The Morgan fingerprint density at radius 3 is 2.48 bits per heavy atom. The van der Waals surface area contributed by atoms with Crippen LogP contribution in [0.3, 0.4) is 0 Å². The zero-order valence-corrected chi connectivity index (χ0v) is 20.3. The Morgan fingerprint density at radius 1 is 1.09 bits per heavy atom. The number of rotatable bonds is 11. The van der Waals surface area contributed by atoms with Crippen LogP contribution >= 0.6 is 0 Å². The van der Waals surface area contributed by atoms with Crippen LogP contribution in [0.15, 0.2) is 53.9 Å². The second-order valence-corrected chi connectivity index (χ2v) is 8.73. The average Bonchev–Trinajstić information content (AvgIpc) is 2.78. The molecule has 5 nitrogen and oxygen atoms in total. The van der Waals surface area contributed by atoms with Crippen LogP contribution in [0.2, 0.25) is 0 Å². The molecule has 0 spiro atoms. The van der Waals surface area contributed by atoms with Gasteiger partial charge < -0.3 is 25.3 Å². The van der Waals surface area contributed by atoms with E-state index in [0.717, 1.165) is 36.6 Å². The molecule has 0 aromatic heterocycles. The molecule has 1 aliphatic heterocycles. The average molecular weight is 449 g/mol. The third-order valence-corrected chi connectivity index (χ3v) is 5.96. The van der Waals surface area contributed by atoms with Crippen molar-refractivity contribution < 1.29 is 14.6 Å². The number of benzene rings is 2. The molecule has 0 atom stereocenters. The van der Waals surface area contributed by atoms with Gasteiger partial charge >= 0.3 is 0 Å². The van der Waals surface area contributed by atoms with E-state index in [1.54, 1.807) is 0 Å². The first kappa shape index (κ1) is 24.6. The van der Waals surface area contributed by atoms with Gasteiger partial charge in [-0.25, -0.2) is 0 Å². The molecule has 0 bridgehead atoms. The maximum absolute atomic E-state index is 8.97. The molecule has 2 aromatic carbocycles. The van der Waals surface area contributed by atoms with E-state index < -0.39 is 0 Å². The third kappa shape index (κ3) is 6.72. The zero-order chi connectivity index (χ0) is 23.8. The van der Waals surface area contributed by atoms with Gasteiger partial charge in [0.05, 0.1) is 6.61 Å². The third-order valence-electron chi connectivity index (χ3n) is 5.96. The molecule has 3 rings (SSSR count). The summed E-state index contributed by atoms with van der Waals surface area (Å²) in [5, 5.41) is 19.9. The van der Waals surface area contributed by atoms with Gasteiger partial charge in [-0.3, -0.25) is 0 Å². The number of allylic oxidation sites excluding steroid dienone is 2. The number of aliphatic hydroxyl groups is 1. The molecule has 1 heterocycles. The molecular formula is C28H36N2O3. The summed E-state index contributed by atoms with van der Waals surface area (Å²) in [6.07, 6.45) is 6.44. The highest BCUT2D eigenvalue weighted by Crippen LogP contribution is 2.34. The molecule has 33 heavy (non-hydrogen) atoms. The summed E-state index contributed by atoms with van der Waals surface area (Å²) in [6, 6.07) is 10.5. The summed E-state index contributed by atoms with van der Waals surface area (Å²) in [4.78, 5) is 0. The van der Waals surface area contributed by atoms with Gasteiger partial charge in [0, 0.05) is 25.3 Å². The molecule has 0 saturated carbocycles. The Morgan fingerprint density at radius 2 is 1.85 bits per heavy atom. The van der Waals surface area contributed by atoms with E-state index in [1.807, 2.05) is 13.0 Å². The van der Waals surface area contributed by atoms with Crippen molar-refractivity contribution in [3.63, 3.8) is 0 Å². The number of dihydropyridines is 1. The minimum atomic E-state index is 0.137. The Balaban J connectivity index is 1.72. The fourth-order valence-electron chi connectivity index (χ4n) is 4.08. The normalized spacial score (nSPS) is 13.1. The summed E-state index contributed by atoms with van der Waals surface area (Å²) in [7, 11) is 0. The largest absolute Gasteiger partial charge is 0.493 e. The number of aliphatic hydroxyl groups excluding tert-OH is 1. The predicted molar refractivity (Wildman–Crippen MR) is 135 cm³/mol. The van der Waals surface area contributed by atoms with E-state index in [9.17, 15) is 0 Å². The fraction of sp³-hybridized carbons (Fsp3) is 0.393. The molecule has 2 aromatic rings. The van der Waals surface area contributed by atoms with Gasteiger partial charge in [0.15, 0.2) is 5.88 Å². The van der Waals surface area contributed by atoms with Crippen LogP contribution in [0.4, 0.5) is 0 Å². The lowest BCUT2D eigenvalue weighted by molar-refractivity contribution is 0.177. The SMILES string of the molecule is CC(=N)CCC1=CC=C(OCc2cccc(-c3c(C)cc(OCCCO)cc3C)c2C)NC1. The van der Waals surface area contributed by atoms with E-state index in [4.69, 9.17) is 20.0 Å². The van der Waals surface area contributed by atoms with Gasteiger partial charge in [0.1, 0.15) is 12.4 Å². The van der Waals surface area contributed by atoms with Crippen molar-refractivity contribution in [3.8, 4) is 16.9 Å². The van der Waals surface area contributed by atoms with Crippen LogP contribution in [0.1, 0.15) is 48.4 Å². The van der Waals surface area contributed by atoms with Crippen molar-refractivity contribution in [2.75, 3.05) is 19.8 Å². The molecule has 0 fully saturated rings. The number of hydrogen-bond donors (Lipinski definition) is 3. The lowest BCUT2D eigenvalue weighted by Gasteiger charge is -2.20. The van der Waals surface area contributed by atoms with Crippen molar-refractivity contribution >= 4 is 5.71 Å². The maximum atomic E-state index is 8.97. The van der Waals surface area contributed by atoms with Gasteiger partial charge in [-0.05, 0) is 92.1 Å². The van der Waals surface area contributed by atoms with Gasteiger partial charge in [-0.2, -0.15) is 0 Å². The number of aryl methyl sites for hydroxylation is 2. The van der Waals surface area contributed by atoms with E-state index in [2.05, 4.69) is 62.5 Å². The minimum absolute atomic E-state index is 0.137. The molecular weight excluding hydrogens is 412 g/mol. The standard InChI is InChI=1S/C28H36N2O3/c1-19-15-25(32-14-6-13-31)16-20(2)28(19)26-8-5-7-24(22(26)4)18-33-27-12-11-23(17-30-27)10-9-21(3)29/h5,7-8,11-12,15-16,29-31H,6,9-10,13-14,17-18H2,1-4H3. The summed E-state index contributed by atoms with van der Waals surface area (Å²) < 4.78 is 11.9. The van der Waals surface area contributed by atoms with Crippen molar-refractivity contribution in [1.82, 2.24) is 5.32 Å². The van der Waals surface area contributed by atoms with Crippen LogP contribution in [0.5, 0.6) is 5.75 Å². The van der Waals surface area contributed by atoms with Crippen molar-refractivity contribution in [2.24, 2.45) is 0 Å². The molecule has 0 aliphatic carbocycles. The van der Waals surface area contributed by atoms with E-state index in [0.29, 0.717) is 25.3 Å². The Bertz CT molecular complexity index is 1030. The lowest BCUT2D eigenvalue weighted by atomic mass is 9.90. The van der Waals surface area contributed by atoms with E-state index in [-0.39, 0.29) is 6.61 Å². The summed E-state index contributed by atoms with van der Waals surface area (Å²) in [5.41, 5.74) is 9.16. The Hall–Kier alpha value is -3.05. The second-order valence-electron chi connectivity index (χ2n) is 8.73. The van der Waals surface area contributed by atoms with Crippen molar-refractivity contribution in [2.45, 2.75) is 53.6 Å². The number of hydrogen-bond acceptors (Lipinski definition) is 5. The van der Waals surface area contributed by atoms with E-state index >= 15 is 0 Å². The summed E-state index contributed by atoms with van der Waals surface area (Å²) in [5.74, 6) is 1.63. The van der Waals surface area contributed by atoms with Crippen LogP contribution in [0, 0.1) is 26.2 Å². The van der Waals surface area contributed by atoms with Crippen LogP contribution in [0.25, 0.3) is 11.1 Å². The topological polar surface area (TPSA) is 74.6 Å². The molecule has 0 saturated heterocycles. The van der Waals surface area contributed by atoms with Gasteiger partial charge in [0.2, 0.25) is 0 Å². The number of ether oxygens (including phenoxy) is 2. The van der Waals surface area contributed by atoms with Crippen molar-refractivity contribution in [1.29, 1.82) is 5.41 Å². The second kappa shape index (κ2) is 11.7. The molecule has 0 unspecified atom stereocenters. The molecule has 1 aliphatic rings. The smallest absolute Gasteiger partial charge is 0.187 e. The summed E-state index contributed by atoms with van der Waals surface area (Å²) >= 11 is 0. The van der Waals surface area contributed by atoms with Gasteiger partial charge in [-0.1, -0.05) is 29.8 Å².